The fourth-order valence-corrected chi connectivity index (χ4v) is 7.51. The molecule has 0 N–H and O–H groups in total. The summed E-state index contributed by atoms with van der Waals surface area (Å²) in [5.41, 5.74) is 4.42. The molecule has 0 radical (unpaired) electrons. The Morgan fingerprint density at radius 2 is 2.00 bits per heavy atom. The number of rotatable bonds is 2. The molecule has 0 heteroatoms. The Morgan fingerprint density at radius 1 is 1.17 bits per heavy atom. The lowest BCUT2D eigenvalue weighted by molar-refractivity contribution is -0.0300. The van der Waals surface area contributed by atoms with Crippen LogP contribution in [0, 0.1) is 34.5 Å². The van der Waals surface area contributed by atoms with E-state index < -0.39 is 0 Å². The van der Waals surface area contributed by atoms with Gasteiger partial charge in [-0.05, 0) is 98.4 Å². The van der Waals surface area contributed by atoms with Crippen LogP contribution >= 0.6 is 0 Å². The third-order valence-electron chi connectivity index (χ3n) is 8.73. The zero-order valence-corrected chi connectivity index (χ0v) is 16.3. The van der Waals surface area contributed by atoms with E-state index in [1.165, 1.54) is 51.4 Å². The molecule has 0 aromatic carbocycles. The summed E-state index contributed by atoms with van der Waals surface area (Å²) < 4.78 is 0. The summed E-state index contributed by atoms with van der Waals surface area (Å²) in [7, 11) is 0. The maximum atomic E-state index is 2.65. The summed E-state index contributed by atoms with van der Waals surface area (Å²) in [6.07, 6.45) is 21.1. The minimum atomic E-state index is 0.478. The molecule has 2 saturated carbocycles. The van der Waals surface area contributed by atoms with Crippen molar-refractivity contribution < 1.29 is 0 Å². The van der Waals surface area contributed by atoms with Gasteiger partial charge in [-0.3, -0.25) is 0 Å². The molecule has 4 rings (SSSR count). The highest BCUT2D eigenvalue weighted by molar-refractivity contribution is 5.34. The summed E-state index contributed by atoms with van der Waals surface area (Å²) in [6, 6.07) is 0. The van der Waals surface area contributed by atoms with Crippen LogP contribution in [0.2, 0.25) is 0 Å². The van der Waals surface area contributed by atoms with Gasteiger partial charge in [0.2, 0.25) is 0 Å². The first-order chi connectivity index (χ1) is 11.5. The normalized spacial score (nSPS) is 47.7. The summed E-state index contributed by atoms with van der Waals surface area (Å²) >= 11 is 0. The van der Waals surface area contributed by atoms with Gasteiger partial charge < -0.3 is 0 Å². The number of hydrogen-bond donors (Lipinski definition) is 0. The van der Waals surface area contributed by atoms with Crippen LogP contribution in [0.4, 0.5) is 0 Å². The molecule has 0 amide bonds. The maximum Gasteiger partial charge on any atom is -0.00445 e. The maximum absolute atomic E-state index is 2.65. The van der Waals surface area contributed by atoms with Gasteiger partial charge >= 0.3 is 0 Å². The second kappa shape index (κ2) is 5.89. The van der Waals surface area contributed by atoms with Crippen molar-refractivity contribution in [1.82, 2.24) is 0 Å². The SMILES string of the molecule is CC/C=C(\C)C1CCC2C3CC=C4C=CCCC4(C)C3CCC12C. The van der Waals surface area contributed by atoms with Crippen molar-refractivity contribution in [2.75, 3.05) is 0 Å². The lowest BCUT2D eigenvalue weighted by Crippen LogP contribution is -2.49. The zero-order chi connectivity index (χ0) is 16.9. The number of fused-ring (bicyclic) bond motifs is 5. The Balaban J connectivity index is 1.66. The van der Waals surface area contributed by atoms with Crippen molar-refractivity contribution in [3.8, 4) is 0 Å². The molecule has 2 fully saturated rings. The predicted molar refractivity (Wildman–Crippen MR) is 104 cm³/mol. The van der Waals surface area contributed by atoms with Crippen molar-refractivity contribution in [2.24, 2.45) is 34.5 Å². The number of hydrogen-bond acceptors (Lipinski definition) is 0. The largest absolute Gasteiger partial charge is 0.0856 e. The van der Waals surface area contributed by atoms with Gasteiger partial charge in [-0.2, -0.15) is 0 Å². The predicted octanol–water partition coefficient (Wildman–Crippen LogP) is 7.09. The van der Waals surface area contributed by atoms with Gasteiger partial charge in [-0.1, -0.05) is 50.6 Å². The molecule has 0 spiro atoms. The van der Waals surface area contributed by atoms with Crippen molar-refractivity contribution in [2.45, 2.75) is 79.1 Å². The van der Waals surface area contributed by atoms with E-state index in [0.29, 0.717) is 10.8 Å². The molecule has 0 aromatic heterocycles. The minimum absolute atomic E-state index is 0.478. The fraction of sp³-hybridized carbons (Fsp3) is 0.750. The first-order valence-electron chi connectivity index (χ1n) is 10.5. The standard InChI is InChI=1S/C24H36/c1-5-8-17(2)20-12-13-21-19-11-10-18-9-6-7-15-23(18,3)22(19)14-16-24(20,21)4/h6,8-10,19-22H,5,7,11-16H2,1-4H3/b17-8+. The molecule has 0 heterocycles. The average molecular weight is 325 g/mol. The highest BCUT2D eigenvalue weighted by Crippen LogP contribution is 2.66. The second-order valence-electron chi connectivity index (χ2n) is 9.66. The molecule has 24 heavy (non-hydrogen) atoms. The topological polar surface area (TPSA) is 0 Å². The molecule has 6 atom stereocenters. The van der Waals surface area contributed by atoms with E-state index in [9.17, 15) is 0 Å². The van der Waals surface area contributed by atoms with Gasteiger partial charge in [0, 0.05) is 0 Å². The Kier molecular flexibility index (Phi) is 4.09. The molecule has 0 aliphatic heterocycles. The molecular weight excluding hydrogens is 288 g/mol. The monoisotopic (exact) mass is 324 g/mol. The lowest BCUT2D eigenvalue weighted by Gasteiger charge is -2.57. The Hall–Kier alpha value is -0.780. The Labute approximate surface area is 149 Å². The summed E-state index contributed by atoms with van der Waals surface area (Å²) in [4.78, 5) is 0. The van der Waals surface area contributed by atoms with Crippen LogP contribution in [0.3, 0.4) is 0 Å². The van der Waals surface area contributed by atoms with E-state index in [0.717, 1.165) is 23.7 Å². The van der Waals surface area contributed by atoms with Crippen LogP contribution in [-0.2, 0) is 0 Å². The summed E-state index contributed by atoms with van der Waals surface area (Å²) in [5.74, 6) is 3.70. The van der Waals surface area contributed by atoms with Crippen LogP contribution < -0.4 is 0 Å². The van der Waals surface area contributed by atoms with E-state index in [4.69, 9.17) is 0 Å². The van der Waals surface area contributed by atoms with E-state index in [1.54, 1.807) is 11.1 Å². The van der Waals surface area contributed by atoms with E-state index in [1.807, 2.05) is 0 Å². The first-order valence-corrected chi connectivity index (χ1v) is 10.5. The van der Waals surface area contributed by atoms with Gasteiger partial charge in [-0.15, -0.1) is 0 Å². The van der Waals surface area contributed by atoms with Crippen LogP contribution in [0.15, 0.2) is 35.5 Å². The van der Waals surface area contributed by atoms with Gasteiger partial charge in [0.25, 0.3) is 0 Å². The average Bonchev–Trinajstić information content (AvgIpc) is 2.92. The highest BCUT2D eigenvalue weighted by atomic mass is 14.6. The van der Waals surface area contributed by atoms with Crippen LogP contribution in [0.5, 0.6) is 0 Å². The zero-order valence-electron chi connectivity index (χ0n) is 16.3. The summed E-state index contributed by atoms with van der Waals surface area (Å²) in [6.45, 7) is 9.96. The molecule has 6 unspecified atom stereocenters. The highest BCUT2D eigenvalue weighted by Gasteiger charge is 2.57. The molecule has 0 aromatic rings. The molecular formula is C24H36. The molecule has 4 aliphatic rings. The third-order valence-corrected chi connectivity index (χ3v) is 8.73. The number of allylic oxidation sites excluding steroid dienone is 6. The van der Waals surface area contributed by atoms with Crippen molar-refractivity contribution in [3.63, 3.8) is 0 Å². The summed E-state index contributed by atoms with van der Waals surface area (Å²) in [5, 5.41) is 0. The third kappa shape index (κ3) is 2.24. The molecule has 132 valence electrons. The lowest BCUT2D eigenvalue weighted by atomic mass is 9.48. The van der Waals surface area contributed by atoms with Gasteiger partial charge in [0.15, 0.2) is 0 Å². The van der Waals surface area contributed by atoms with Gasteiger partial charge in [0.1, 0.15) is 0 Å². The smallest absolute Gasteiger partial charge is 0.00445 e. The van der Waals surface area contributed by atoms with Crippen molar-refractivity contribution >= 4 is 0 Å². The van der Waals surface area contributed by atoms with Crippen LogP contribution in [-0.4, -0.2) is 0 Å². The molecule has 0 bridgehead atoms. The van der Waals surface area contributed by atoms with Crippen LogP contribution in [0.1, 0.15) is 79.1 Å². The van der Waals surface area contributed by atoms with Gasteiger partial charge in [0.05, 0.1) is 0 Å². The minimum Gasteiger partial charge on any atom is -0.0856 e. The van der Waals surface area contributed by atoms with Crippen molar-refractivity contribution in [3.05, 3.63) is 35.5 Å². The Morgan fingerprint density at radius 3 is 2.79 bits per heavy atom. The second-order valence-corrected chi connectivity index (χ2v) is 9.66. The molecule has 0 nitrogen and oxygen atoms in total. The molecule has 0 saturated heterocycles. The van der Waals surface area contributed by atoms with E-state index in [2.05, 4.69) is 52.0 Å². The van der Waals surface area contributed by atoms with Crippen LogP contribution in [0.25, 0.3) is 0 Å². The first kappa shape index (κ1) is 16.7. The molecule has 4 aliphatic carbocycles. The fourth-order valence-electron chi connectivity index (χ4n) is 7.51. The van der Waals surface area contributed by atoms with Crippen molar-refractivity contribution in [1.29, 1.82) is 0 Å². The Bertz CT molecular complexity index is 591. The van der Waals surface area contributed by atoms with E-state index in [-0.39, 0.29) is 0 Å². The van der Waals surface area contributed by atoms with E-state index >= 15 is 0 Å². The van der Waals surface area contributed by atoms with Gasteiger partial charge in [-0.25, -0.2) is 0 Å². The quantitative estimate of drug-likeness (QED) is 0.476.